The fourth-order valence-electron chi connectivity index (χ4n) is 2.34. The van der Waals surface area contributed by atoms with Crippen molar-refractivity contribution in [2.75, 3.05) is 0 Å². The summed E-state index contributed by atoms with van der Waals surface area (Å²) in [6.45, 7) is 5.30. The Morgan fingerprint density at radius 1 is 1.24 bits per heavy atom. The van der Waals surface area contributed by atoms with Gasteiger partial charge in [0, 0.05) is 17.0 Å². The molecule has 0 saturated heterocycles. The molecule has 0 spiro atoms. The molecule has 3 N–H and O–H groups in total. The molecule has 2 rings (SSSR count). The number of aryl methyl sites for hydroxylation is 2. The Morgan fingerprint density at radius 3 is 2.38 bits per heavy atom. The molecule has 0 bridgehead atoms. The Balaban J connectivity index is 2.60. The van der Waals surface area contributed by atoms with Gasteiger partial charge in [0.05, 0.1) is 17.2 Å². The van der Waals surface area contributed by atoms with Gasteiger partial charge >= 0.3 is 0 Å². The van der Waals surface area contributed by atoms with Gasteiger partial charge in [-0.3, -0.25) is 4.79 Å². The number of amides is 1. The van der Waals surface area contributed by atoms with Gasteiger partial charge in [0.1, 0.15) is 5.84 Å². The topological polar surface area (TPSA) is 95.0 Å². The van der Waals surface area contributed by atoms with Gasteiger partial charge in [-0.05, 0) is 38.5 Å². The first-order valence-electron chi connectivity index (χ1n) is 6.48. The van der Waals surface area contributed by atoms with Crippen LogP contribution in [-0.4, -0.2) is 16.7 Å². The zero-order valence-electron chi connectivity index (χ0n) is 12.2. The van der Waals surface area contributed by atoms with Gasteiger partial charge in [-0.2, -0.15) is 10.3 Å². The number of hydrogen-bond donors (Lipinski definition) is 2. The molecule has 0 atom stereocenters. The number of aromatic nitrogens is 1. The summed E-state index contributed by atoms with van der Waals surface area (Å²) in [7, 11) is 0. The van der Waals surface area contributed by atoms with Crippen molar-refractivity contribution in [3.63, 3.8) is 0 Å². The molecule has 106 valence electrons. The molecule has 21 heavy (non-hydrogen) atoms. The van der Waals surface area contributed by atoms with Crippen LogP contribution in [0.5, 0.6) is 0 Å². The molecule has 0 radical (unpaired) electrons. The standard InChI is InChI=1S/C16H16N4O/c1-9-14(13-6-4-12(8-17)5-7-13)15(10(2)19-9)16(21)20-11(3)18/h4-7,19H,1-3H3,(H2,18,20,21). The fourth-order valence-corrected chi connectivity index (χ4v) is 2.34. The van der Waals surface area contributed by atoms with Crippen LogP contribution >= 0.6 is 0 Å². The van der Waals surface area contributed by atoms with Crippen molar-refractivity contribution in [3.05, 3.63) is 46.8 Å². The minimum atomic E-state index is -0.365. The summed E-state index contributed by atoms with van der Waals surface area (Å²) >= 11 is 0. The number of amidine groups is 1. The summed E-state index contributed by atoms with van der Waals surface area (Å²) in [4.78, 5) is 19.3. The third-order valence-electron chi connectivity index (χ3n) is 3.17. The predicted molar refractivity (Wildman–Crippen MR) is 82.0 cm³/mol. The maximum Gasteiger partial charge on any atom is 0.281 e. The van der Waals surface area contributed by atoms with Crippen LogP contribution in [0.2, 0.25) is 0 Å². The van der Waals surface area contributed by atoms with Crippen LogP contribution in [0.4, 0.5) is 0 Å². The van der Waals surface area contributed by atoms with Gasteiger partial charge in [-0.15, -0.1) is 0 Å². The highest BCUT2D eigenvalue weighted by molar-refractivity contribution is 6.07. The molecule has 1 amide bonds. The molecular weight excluding hydrogens is 264 g/mol. The second-order valence-electron chi connectivity index (χ2n) is 4.87. The molecule has 5 nitrogen and oxygen atoms in total. The number of benzene rings is 1. The molecule has 0 aliphatic carbocycles. The predicted octanol–water partition coefficient (Wildman–Crippen LogP) is 2.69. The van der Waals surface area contributed by atoms with E-state index in [9.17, 15) is 4.79 Å². The van der Waals surface area contributed by atoms with Crippen LogP contribution in [0.1, 0.15) is 34.2 Å². The summed E-state index contributed by atoms with van der Waals surface area (Å²) in [6.07, 6.45) is 0. The Hall–Kier alpha value is -2.87. The maximum atomic E-state index is 12.3. The van der Waals surface area contributed by atoms with Crippen LogP contribution in [0.15, 0.2) is 29.3 Å². The zero-order valence-corrected chi connectivity index (χ0v) is 12.2. The Labute approximate surface area is 123 Å². The Bertz CT molecular complexity index is 757. The van der Waals surface area contributed by atoms with E-state index in [1.165, 1.54) is 0 Å². The smallest absolute Gasteiger partial charge is 0.281 e. The molecule has 0 aliphatic rings. The van der Waals surface area contributed by atoms with E-state index in [-0.39, 0.29) is 11.7 Å². The highest BCUT2D eigenvalue weighted by Gasteiger charge is 2.20. The lowest BCUT2D eigenvalue weighted by molar-refractivity contribution is 0.100. The van der Waals surface area contributed by atoms with E-state index in [1.807, 2.05) is 26.0 Å². The van der Waals surface area contributed by atoms with Crippen molar-refractivity contribution in [3.8, 4) is 17.2 Å². The van der Waals surface area contributed by atoms with Crippen LogP contribution in [-0.2, 0) is 0 Å². The van der Waals surface area contributed by atoms with Crippen molar-refractivity contribution in [1.29, 1.82) is 5.26 Å². The molecule has 0 fully saturated rings. The number of hydrogen-bond acceptors (Lipinski definition) is 2. The number of nitriles is 1. The number of carbonyl (C=O) groups excluding carboxylic acids is 1. The zero-order chi connectivity index (χ0) is 15.6. The summed E-state index contributed by atoms with van der Waals surface area (Å²) in [6, 6.07) is 9.17. The first-order valence-corrected chi connectivity index (χ1v) is 6.48. The number of nitrogens with two attached hydrogens (primary N) is 1. The molecule has 0 aliphatic heterocycles. The van der Waals surface area contributed by atoms with E-state index in [2.05, 4.69) is 16.0 Å². The molecule has 1 aromatic heterocycles. The van der Waals surface area contributed by atoms with E-state index >= 15 is 0 Å². The number of H-pyrrole nitrogens is 1. The average Bonchev–Trinajstić information content (AvgIpc) is 2.73. The minimum absolute atomic E-state index is 0.226. The van der Waals surface area contributed by atoms with E-state index in [0.29, 0.717) is 11.1 Å². The Kier molecular flexibility index (Phi) is 3.90. The molecule has 1 heterocycles. The third-order valence-corrected chi connectivity index (χ3v) is 3.17. The second-order valence-corrected chi connectivity index (χ2v) is 4.87. The van der Waals surface area contributed by atoms with Crippen molar-refractivity contribution in [2.24, 2.45) is 10.7 Å². The summed E-state index contributed by atoms with van der Waals surface area (Å²) in [5.74, 6) is -0.139. The van der Waals surface area contributed by atoms with Crippen LogP contribution in [0, 0.1) is 25.2 Å². The fraction of sp³-hybridized carbons (Fsp3) is 0.188. The molecule has 0 unspecified atom stereocenters. The lowest BCUT2D eigenvalue weighted by Gasteiger charge is -2.04. The summed E-state index contributed by atoms with van der Waals surface area (Å²) in [5, 5.41) is 8.86. The highest BCUT2D eigenvalue weighted by atomic mass is 16.1. The van der Waals surface area contributed by atoms with Crippen LogP contribution in [0.3, 0.4) is 0 Å². The van der Waals surface area contributed by atoms with E-state index in [4.69, 9.17) is 11.0 Å². The quantitative estimate of drug-likeness (QED) is 0.654. The number of carbonyl (C=O) groups is 1. The molecule has 5 heteroatoms. The highest BCUT2D eigenvalue weighted by Crippen LogP contribution is 2.30. The first kappa shape index (κ1) is 14.5. The summed E-state index contributed by atoms with van der Waals surface area (Å²) in [5.41, 5.74) is 9.88. The van der Waals surface area contributed by atoms with Gasteiger partial charge in [0.15, 0.2) is 0 Å². The third kappa shape index (κ3) is 2.84. The number of nitrogens with zero attached hydrogens (tertiary/aromatic N) is 2. The van der Waals surface area contributed by atoms with Gasteiger partial charge in [0.25, 0.3) is 5.91 Å². The van der Waals surface area contributed by atoms with Gasteiger partial charge < -0.3 is 10.7 Å². The monoisotopic (exact) mass is 280 g/mol. The molecule has 0 saturated carbocycles. The Morgan fingerprint density at radius 2 is 1.86 bits per heavy atom. The number of rotatable bonds is 2. The molecular formula is C16H16N4O. The van der Waals surface area contributed by atoms with Crippen molar-refractivity contribution in [2.45, 2.75) is 20.8 Å². The van der Waals surface area contributed by atoms with Crippen molar-refractivity contribution >= 4 is 11.7 Å². The summed E-state index contributed by atoms with van der Waals surface area (Å²) < 4.78 is 0. The normalized spacial score (nSPS) is 11.2. The van der Waals surface area contributed by atoms with Gasteiger partial charge in [-0.25, -0.2) is 0 Å². The van der Waals surface area contributed by atoms with E-state index < -0.39 is 0 Å². The average molecular weight is 280 g/mol. The van der Waals surface area contributed by atoms with E-state index in [1.54, 1.807) is 19.1 Å². The largest absolute Gasteiger partial charge is 0.387 e. The second kappa shape index (κ2) is 5.63. The van der Waals surface area contributed by atoms with Crippen molar-refractivity contribution < 1.29 is 4.79 Å². The maximum absolute atomic E-state index is 12.3. The van der Waals surface area contributed by atoms with Crippen LogP contribution in [0.25, 0.3) is 11.1 Å². The minimum Gasteiger partial charge on any atom is -0.387 e. The molecule has 2 aromatic rings. The van der Waals surface area contributed by atoms with Crippen LogP contribution < -0.4 is 5.73 Å². The molecule has 1 aromatic carbocycles. The van der Waals surface area contributed by atoms with Crippen molar-refractivity contribution in [1.82, 2.24) is 4.98 Å². The SMILES string of the molecule is CC(N)=NC(=O)c1c(C)[nH]c(C)c1-c1ccc(C#N)cc1. The number of nitrogens with one attached hydrogen (secondary N) is 1. The lowest BCUT2D eigenvalue weighted by atomic mass is 9.99. The van der Waals surface area contributed by atoms with Gasteiger partial charge in [0.2, 0.25) is 0 Å². The number of aliphatic imine (C=N–C) groups is 1. The van der Waals surface area contributed by atoms with Gasteiger partial charge in [-0.1, -0.05) is 12.1 Å². The number of aromatic amines is 1. The lowest BCUT2D eigenvalue weighted by Crippen LogP contribution is -2.10. The van der Waals surface area contributed by atoms with E-state index in [0.717, 1.165) is 22.5 Å². The first-order chi connectivity index (χ1) is 9.93.